The lowest BCUT2D eigenvalue weighted by Gasteiger charge is -2.30. The molecule has 0 amide bonds. The van der Waals surface area contributed by atoms with Crippen molar-refractivity contribution in [2.75, 3.05) is 7.11 Å². The van der Waals surface area contributed by atoms with Crippen molar-refractivity contribution in [1.82, 2.24) is 9.55 Å². The zero-order chi connectivity index (χ0) is 33.1. The molecule has 0 aliphatic heterocycles. The van der Waals surface area contributed by atoms with E-state index in [4.69, 9.17) is 26.1 Å². The summed E-state index contributed by atoms with van der Waals surface area (Å²) in [6.07, 6.45) is 1.89. The molecule has 0 unspecified atom stereocenters. The zero-order valence-corrected chi connectivity index (χ0v) is 28.4. The van der Waals surface area contributed by atoms with Crippen LogP contribution in [0.1, 0.15) is 81.2 Å². The van der Waals surface area contributed by atoms with Crippen LogP contribution in [-0.2, 0) is 29.1 Å². The van der Waals surface area contributed by atoms with Gasteiger partial charge in [0.15, 0.2) is 5.78 Å². The third-order valence-corrected chi connectivity index (χ3v) is 9.14. The van der Waals surface area contributed by atoms with E-state index in [1.807, 2.05) is 92.7 Å². The summed E-state index contributed by atoms with van der Waals surface area (Å²) < 4.78 is 13.8. The Hall–Kier alpha value is -4.16. The second-order valence-electron chi connectivity index (χ2n) is 13.3. The lowest BCUT2D eigenvalue weighted by molar-refractivity contribution is -0.153. The maximum absolute atomic E-state index is 14.3. The fraction of sp³-hybridized carbons (Fsp3) is 0.359. The molecule has 0 saturated heterocycles. The van der Waals surface area contributed by atoms with Crippen LogP contribution in [0.4, 0.5) is 0 Å². The fourth-order valence-electron chi connectivity index (χ4n) is 6.24. The number of ketones is 1. The topological polar surface area (TPSA) is 70.4 Å². The molecular weight excluding hydrogens is 596 g/mol. The van der Waals surface area contributed by atoms with Gasteiger partial charge < -0.3 is 14.0 Å². The van der Waals surface area contributed by atoms with Gasteiger partial charge in [0.05, 0.1) is 23.7 Å². The van der Waals surface area contributed by atoms with Crippen LogP contribution in [0.25, 0.3) is 21.8 Å². The molecule has 7 heteroatoms. The standard InChI is InChI=1S/C39H43ClN2O4/c1-7-39(8-2,37(44)45-6)22-34-36(35(43)23-38(3,4)5)31-21-30(46-25-29-18-15-27-11-9-10-12-32(27)41-29)19-20-33(31)42(34)24-26-13-16-28(40)17-14-26/h9-21H,7-8,22-25H2,1-6H3. The third-order valence-electron chi connectivity index (χ3n) is 8.89. The van der Waals surface area contributed by atoms with E-state index < -0.39 is 5.41 Å². The number of carbonyl (C=O) groups excluding carboxylic acids is 2. The molecule has 0 aliphatic rings. The van der Waals surface area contributed by atoms with Crippen molar-refractivity contribution in [2.24, 2.45) is 10.8 Å². The highest BCUT2D eigenvalue weighted by Gasteiger charge is 2.39. The molecule has 2 heterocycles. The number of nitrogens with zero attached hydrogens (tertiary/aromatic N) is 2. The van der Waals surface area contributed by atoms with E-state index in [2.05, 4.69) is 25.3 Å². The molecule has 0 N–H and O–H groups in total. The van der Waals surface area contributed by atoms with Crippen molar-refractivity contribution in [3.63, 3.8) is 0 Å². The Bertz CT molecular complexity index is 1860. The van der Waals surface area contributed by atoms with Crippen LogP contribution in [-0.4, -0.2) is 28.4 Å². The van der Waals surface area contributed by atoms with Crippen molar-refractivity contribution in [2.45, 2.75) is 73.5 Å². The van der Waals surface area contributed by atoms with E-state index >= 15 is 0 Å². The van der Waals surface area contributed by atoms with Crippen LogP contribution in [0, 0.1) is 10.8 Å². The number of fused-ring (bicyclic) bond motifs is 2. The first-order chi connectivity index (χ1) is 22.0. The number of hydrogen-bond acceptors (Lipinski definition) is 5. The quantitative estimate of drug-likeness (QED) is 0.100. The smallest absolute Gasteiger partial charge is 0.312 e. The minimum Gasteiger partial charge on any atom is -0.487 e. The van der Waals surface area contributed by atoms with Crippen LogP contribution >= 0.6 is 11.6 Å². The van der Waals surface area contributed by atoms with Gasteiger partial charge in [-0.15, -0.1) is 0 Å². The molecule has 3 aromatic carbocycles. The number of pyridine rings is 1. The zero-order valence-electron chi connectivity index (χ0n) is 27.7. The highest BCUT2D eigenvalue weighted by atomic mass is 35.5. The summed E-state index contributed by atoms with van der Waals surface area (Å²) >= 11 is 6.22. The van der Waals surface area contributed by atoms with Crippen LogP contribution in [0.2, 0.25) is 5.02 Å². The Morgan fingerprint density at radius 3 is 2.30 bits per heavy atom. The monoisotopic (exact) mass is 638 g/mol. The van der Waals surface area contributed by atoms with E-state index in [1.54, 1.807) is 0 Å². The Balaban J connectivity index is 1.65. The molecule has 0 aliphatic carbocycles. The molecule has 2 aromatic heterocycles. The van der Waals surface area contributed by atoms with Crippen molar-refractivity contribution in [3.05, 3.63) is 106 Å². The Morgan fingerprint density at radius 1 is 0.913 bits per heavy atom. The number of rotatable bonds is 12. The predicted molar refractivity (Wildman–Crippen MR) is 186 cm³/mol. The number of ether oxygens (including phenoxy) is 2. The molecule has 0 radical (unpaired) electrons. The van der Waals surface area contributed by atoms with E-state index in [0.717, 1.165) is 38.8 Å². The lowest BCUT2D eigenvalue weighted by atomic mass is 9.76. The maximum atomic E-state index is 14.3. The molecule has 0 atom stereocenters. The molecule has 0 spiro atoms. The summed E-state index contributed by atoms with van der Waals surface area (Å²) in [6.45, 7) is 11.0. The maximum Gasteiger partial charge on any atom is 0.312 e. The number of methoxy groups -OCH3 is 1. The summed E-state index contributed by atoms with van der Waals surface area (Å²) in [6, 6.07) is 25.7. The number of Topliss-reactive ketones (excluding diaryl/α,β-unsaturated/α-hetero) is 1. The highest BCUT2D eigenvalue weighted by molar-refractivity contribution is 6.30. The van der Waals surface area contributed by atoms with Gasteiger partial charge in [0, 0.05) is 52.0 Å². The summed E-state index contributed by atoms with van der Waals surface area (Å²) in [5.41, 5.74) is 4.14. The van der Waals surface area contributed by atoms with E-state index in [0.29, 0.717) is 48.6 Å². The van der Waals surface area contributed by atoms with Crippen LogP contribution in [0.5, 0.6) is 5.75 Å². The molecule has 46 heavy (non-hydrogen) atoms. The van der Waals surface area contributed by atoms with Crippen molar-refractivity contribution < 1.29 is 19.1 Å². The first kappa shape index (κ1) is 33.2. The predicted octanol–water partition coefficient (Wildman–Crippen LogP) is 9.61. The highest BCUT2D eigenvalue weighted by Crippen LogP contribution is 2.40. The number of hydrogen-bond donors (Lipinski definition) is 0. The number of carbonyl (C=O) groups is 2. The minimum atomic E-state index is -0.779. The molecule has 0 bridgehead atoms. The average molecular weight is 639 g/mol. The Labute approximate surface area is 276 Å². The van der Waals surface area contributed by atoms with E-state index in [-0.39, 0.29) is 23.8 Å². The molecule has 6 nitrogen and oxygen atoms in total. The van der Waals surface area contributed by atoms with Gasteiger partial charge in [-0.2, -0.15) is 0 Å². The minimum absolute atomic E-state index is 0.0432. The van der Waals surface area contributed by atoms with Gasteiger partial charge in [-0.1, -0.05) is 82.6 Å². The van der Waals surface area contributed by atoms with Gasteiger partial charge in [-0.05, 0) is 66.3 Å². The first-order valence-electron chi connectivity index (χ1n) is 16.0. The normalized spacial score (nSPS) is 12.1. The second-order valence-corrected chi connectivity index (χ2v) is 13.8. The average Bonchev–Trinajstić information content (AvgIpc) is 3.33. The summed E-state index contributed by atoms with van der Waals surface area (Å²) in [7, 11) is 1.44. The number of para-hydroxylation sites is 1. The van der Waals surface area contributed by atoms with Gasteiger partial charge in [0.25, 0.3) is 0 Å². The van der Waals surface area contributed by atoms with Crippen LogP contribution < -0.4 is 4.74 Å². The summed E-state index contributed by atoms with van der Waals surface area (Å²) in [5, 5.41) is 2.55. The van der Waals surface area contributed by atoms with Gasteiger partial charge in [-0.25, -0.2) is 4.98 Å². The van der Waals surface area contributed by atoms with Crippen molar-refractivity contribution in [1.29, 1.82) is 0 Å². The molecule has 0 fully saturated rings. The van der Waals surface area contributed by atoms with Gasteiger partial charge in [0.2, 0.25) is 0 Å². The molecule has 5 aromatic rings. The summed E-state index contributed by atoms with van der Waals surface area (Å²) in [5.74, 6) is 0.427. The van der Waals surface area contributed by atoms with E-state index in [9.17, 15) is 9.59 Å². The largest absolute Gasteiger partial charge is 0.487 e. The summed E-state index contributed by atoms with van der Waals surface area (Å²) in [4.78, 5) is 32.4. The number of aromatic nitrogens is 2. The Kier molecular flexibility index (Phi) is 9.88. The van der Waals surface area contributed by atoms with Gasteiger partial charge >= 0.3 is 5.97 Å². The van der Waals surface area contributed by atoms with Crippen molar-refractivity contribution >= 4 is 45.2 Å². The van der Waals surface area contributed by atoms with Crippen molar-refractivity contribution in [3.8, 4) is 5.75 Å². The van der Waals surface area contributed by atoms with Gasteiger partial charge in [-0.3, -0.25) is 9.59 Å². The second kappa shape index (κ2) is 13.7. The first-order valence-corrected chi connectivity index (χ1v) is 16.3. The molecular formula is C39H43ClN2O4. The number of benzene rings is 3. The Morgan fingerprint density at radius 2 is 1.63 bits per heavy atom. The third kappa shape index (κ3) is 7.13. The number of esters is 1. The van der Waals surface area contributed by atoms with Crippen LogP contribution in [0.3, 0.4) is 0 Å². The van der Waals surface area contributed by atoms with Crippen LogP contribution in [0.15, 0.2) is 78.9 Å². The van der Waals surface area contributed by atoms with E-state index in [1.165, 1.54) is 7.11 Å². The molecule has 240 valence electrons. The molecule has 0 saturated carbocycles. The molecule has 5 rings (SSSR count). The SMILES string of the molecule is CCC(CC)(Cc1c(C(=O)CC(C)(C)C)c2cc(OCc3ccc4ccccc4n3)ccc2n1Cc1ccc(Cl)cc1)C(=O)OC. The lowest BCUT2D eigenvalue weighted by Crippen LogP contribution is -2.35. The van der Waals surface area contributed by atoms with Gasteiger partial charge in [0.1, 0.15) is 12.4 Å². The number of halogens is 1. The fourth-order valence-corrected chi connectivity index (χ4v) is 6.36.